The van der Waals surface area contributed by atoms with E-state index in [4.69, 9.17) is 0 Å². The maximum absolute atomic E-state index is 2.54. The van der Waals surface area contributed by atoms with Gasteiger partial charge in [0, 0.05) is 37.2 Å². The van der Waals surface area contributed by atoms with Crippen molar-refractivity contribution in [3.63, 3.8) is 0 Å². The molecule has 6 aromatic rings. The van der Waals surface area contributed by atoms with Crippen molar-refractivity contribution in [3.8, 4) is 27.9 Å². The predicted octanol–water partition coefficient (Wildman–Crippen LogP) is 11.8. The van der Waals surface area contributed by atoms with E-state index in [-0.39, 0.29) is 0 Å². The second-order valence-electron chi connectivity index (χ2n) is 12.9. The number of aromatic nitrogens is 1. The minimum atomic E-state index is 0.576. The third-order valence-electron chi connectivity index (χ3n) is 10.0. The minimum absolute atomic E-state index is 0.576. The lowest BCUT2D eigenvalue weighted by Crippen LogP contribution is -2.04. The Morgan fingerprint density at radius 1 is 0.744 bits per heavy atom. The maximum Gasteiger partial charge on any atom is 0.0496 e. The van der Waals surface area contributed by atoms with Crippen molar-refractivity contribution in [2.24, 2.45) is 0 Å². The average Bonchev–Trinajstić information content (AvgIpc) is 3.74. The Morgan fingerprint density at radius 2 is 1.56 bits per heavy atom. The lowest BCUT2D eigenvalue weighted by Gasteiger charge is -2.19. The molecule has 1 atom stereocenters. The highest BCUT2D eigenvalue weighted by Crippen LogP contribution is 2.48. The second-order valence-corrected chi connectivity index (χ2v) is 13.9. The number of hydrogen-bond acceptors (Lipinski definition) is 1. The fourth-order valence-corrected chi connectivity index (χ4v) is 8.84. The number of thiophene rings is 1. The smallest absolute Gasteiger partial charge is 0.0496 e. The summed E-state index contributed by atoms with van der Waals surface area (Å²) in [6, 6.07) is 30.2. The molecule has 0 amide bonds. The van der Waals surface area contributed by atoms with E-state index in [1.54, 1.807) is 11.1 Å². The summed E-state index contributed by atoms with van der Waals surface area (Å²) < 4.78 is 5.28. The monoisotopic (exact) mass is 573 g/mol. The molecule has 1 fully saturated rings. The van der Waals surface area contributed by atoms with Gasteiger partial charge in [0.2, 0.25) is 0 Å². The first kappa shape index (κ1) is 25.4. The van der Waals surface area contributed by atoms with Crippen LogP contribution in [-0.2, 0) is 6.42 Å². The van der Waals surface area contributed by atoms with E-state index >= 15 is 0 Å². The van der Waals surface area contributed by atoms with E-state index < -0.39 is 0 Å². The lowest BCUT2D eigenvalue weighted by atomic mass is 9.87. The van der Waals surface area contributed by atoms with Gasteiger partial charge in [0.05, 0.1) is 0 Å². The topological polar surface area (TPSA) is 4.93 Å². The standard InChI is InChI=1S/C41H35NS/c1-25-14-19-30(42-37-11-5-3-10-34(37)41-26(2)8-7-12-38(41)42)24-35(25)31-20-17-28(22-36(31)27-15-16-27)29-18-21-33-32-9-4-6-13-39(32)43-40(33)23-29/h4-7,9,11-14,17-24,26-27H,3,8,10,15-16H2,1-2H3. The Bertz CT molecular complexity index is 2140. The van der Waals surface area contributed by atoms with Crippen molar-refractivity contribution in [1.82, 2.24) is 4.57 Å². The van der Waals surface area contributed by atoms with E-state index in [0.29, 0.717) is 11.8 Å². The highest BCUT2D eigenvalue weighted by molar-refractivity contribution is 7.25. The molecule has 1 unspecified atom stereocenters. The molecule has 0 bridgehead atoms. The quantitative estimate of drug-likeness (QED) is 0.198. The normalized spacial score (nSPS) is 17.5. The Hall–Kier alpha value is -4.14. The third kappa shape index (κ3) is 4.03. The van der Waals surface area contributed by atoms with Gasteiger partial charge in [-0.1, -0.05) is 73.7 Å². The van der Waals surface area contributed by atoms with E-state index in [1.165, 1.54) is 83.5 Å². The molecule has 210 valence electrons. The third-order valence-corrected chi connectivity index (χ3v) is 11.2. The van der Waals surface area contributed by atoms with E-state index in [9.17, 15) is 0 Å². The Balaban J connectivity index is 1.17. The summed E-state index contributed by atoms with van der Waals surface area (Å²) in [6.07, 6.45) is 15.5. The molecular formula is C41H35NS. The van der Waals surface area contributed by atoms with Crippen LogP contribution in [0.15, 0.2) is 91.0 Å². The molecule has 0 saturated heterocycles. The summed E-state index contributed by atoms with van der Waals surface area (Å²) in [5.74, 6) is 1.23. The predicted molar refractivity (Wildman–Crippen MR) is 186 cm³/mol. The van der Waals surface area contributed by atoms with E-state index in [2.05, 4.69) is 122 Å². The molecule has 3 aliphatic rings. The highest BCUT2D eigenvalue weighted by atomic mass is 32.1. The first-order chi connectivity index (χ1) is 21.1. The molecule has 4 aromatic carbocycles. The summed E-state index contributed by atoms with van der Waals surface area (Å²) in [5.41, 5.74) is 15.5. The number of fused-ring (bicyclic) bond motifs is 6. The number of hydrogen-bond donors (Lipinski definition) is 0. The number of allylic oxidation sites excluding steroid dienone is 2. The van der Waals surface area contributed by atoms with Crippen LogP contribution < -0.4 is 0 Å². The summed E-state index contributed by atoms with van der Waals surface area (Å²) in [6.45, 7) is 4.68. The van der Waals surface area contributed by atoms with Crippen LogP contribution in [0.2, 0.25) is 0 Å². The van der Waals surface area contributed by atoms with Gasteiger partial charge in [-0.05, 0) is 132 Å². The SMILES string of the molecule is Cc1ccc(-n2c3c(c4c2C=CCC4C)CCC=C3)cc1-c1ccc(-c2ccc3c(c2)sc2ccccc23)cc1C1CC1. The van der Waals surface area contributed by atoms with Gasteiger partial charge in [-0.15, -0.1) is 11.3 Å². The van der Waals surface area contributed by atoms with Gasteiger partial charge in [0.15, 0.2) is 0 Å². The molecule has 1 saturated carbocycles. The van der Waals surface area contributed by atoms with Gasteiger partial charge in [0.25, 0.3) is 0 Å². The number of aryl methyl sites for hydroxylation is 1. The van der Waals surface area contributed by atoms with Crippen LogP contribution in [0, 0.1) is 6.92 Å². The van der Waals surface area contributed by atoms with Gasteiger partial charge in [-0.25, -0.2) is 0 Å². The summed E-state index contributed by atoms with van der Waals surface area (Å²) in [7, 11) is 0. The van der Waals surface area contributed by atoms with Crippen molar-refractivity contribution in [2.45, 2.75) is 57.8 Å². The van der Waals surface area contributed by atoms with Crippen molar-refractivity contribution in [2.75, 3.05) is 0 Å². The zero-order chi connectivity index (χ0) is 28.7. The van der Waals surface area contributed by atoms with Crippen LogP contribution in [0.3, 0.4) is 0 Å². The van der Waals surface area contributed by atoms with Gasteiger partial charge >= 0.3 is 0 Å². The summed E-state index contributed by atoms with van der Waals surface area (Å²) in [4.78, 5) is 0. The fourth-order valence-electron chi connectivity index (χ4n) is 7.70. The molecule has 3 aliphatic carbocycles. The second kappa shape index (κ2) is 9.69. The van der Waals surface area contributed by atoms with Crippen LogP contribution >= 0.6 is 11.3 Å². The van der Waals surface area contributed by atoms with Crippen molar-refractivity contribution >= 4 is 43.7 Å². The van der Waals surface area contributed by atoms with Crippen LogP contribution in [0.1, 0.15) is 78.1 Å². The Kier molecular flexibility index (Phi) is 5.72. The molecule has 2 heteroatoms. The number of nitrogens with zero attached hydrogens (tertiary/aromatic N) is 1. The van der Waals surface area contributed by atoms with Crippen molar-refractivity contribution in [1.29, 1.82) is 0 Å². The summed E-state index contributed by atoms with van der Waals surface area (Å²) in [5, 5.41) is 2.73. The van der Waals surface area contributed by atoms with Crippen LogP contribution in [0.25, 0.3) is 60.3 Å². The van der Waals surface area contributed by atoms with Gasteiger partial charge in [-0.3, -0.25) is 0 Å². The largest absolute Gasteiger partial charge is 0.310 e. The number of benzene rings is 4. The van der Waals surface area contributed by atoms with Gasteiger partial charge in [0.1, 0.15) is 0 Å². The van der Waals surface area contributed by atoms with Crippen LogP contribution in [-0.4, -0.2) is 4.57 Å². The van der Waals surface area contributed by atoms with Crippen molar-refractivity contribution in [3.05, 3.63) is 125 Å². The van der Waals surface area contributed by atoms with Crippen molar-refractivity contribution < 1.29 is 0 Å². The first-order valence-electron chi connectivity index (χ1n) is 15.9. The molecule has 9 rings (SSSR count). The molecule has 43 heavy (non-hydrogen) atoms. The minimum Gasteiger partial charge on any atom is -0.310 e. The molecular weight excluding hydrogens is 539 g/mol. The van der Waals surface area contributed by atoms with E-state index in [1.807, 2.05) is 11.3 Å². The summed E-state index contributed by atoms with van der Waals surface area (Å²) >= 11 is 1.90. The average molecular weight is 574 g/mol. The van der Waals surface area contributed by atoms with Gasteiger partial charge < -0.3 is 4.57 Å². The Labute approximate surface area is 257 Å². The van der Waals surface area contributed by atoms with Gasteiger partial charge in [-0.2, -0.15) is 0 Å². The Morgan fingerprint density at radius 3 is 2.47 bits per heavy atom. The van der Waals surface area contributed by atoms with Crippen LogP contribution in [0.5, 0.6) is 0 Å². The molecule has 2 aromatic heterocycles. The molecule has 0 N–H and O–H groups in total. The molecule has 0 aliphatic heterocycles. The molecule has 1 nitrogen and oxygen atoms in total. The molecule has 2 heterocycles. The molecule has 0 radical (unpaired) electrons. The highest BCUT2D eigenvalue weighted by Gasteiger charge is 2.29. The van der Waals surface area contributed by atoms with E-state index in [0.717, 1.165) is 19.3 Å². The zero-order valence-corrected chi connectivity index (χ0v) is 25.7. The fraction of sp³-hybridized carbons (Fsp3) is 0.220. The molecule has 0 spiro atoms. The zero-order valence-electron chi connectivity index (χ0n) is 24.9. The lowest BCUT2D eigenvalue weighted by molar-refractivity contribution is 0.755. The number of rotatable bonds is 4. The maximum atomic E-state index is 2.54. The van der Waals surface area contributed by atoms with Crippen LogP contribution in [0.4, 0.5) is 0 Å². The first-order valence-corrected chi connectivity index (χ1v) is 16.7.